The fraction of sp³-hybridized carbons (Fsp3) is 0.364. The van der Waals surface area contributed by atoms with Crippen molar-refractivity contribution in [2.45, 2.75) is 45.8 Å². The van der Waals surface area contributed by atoms with Crippen molar-refractivity contribution in [3.05, 3.63) is 50.6 Å². The van der Waals surface area contributed by atoms with E-state index in [0.717, 1.165) is 16.9 Å². The Bertz CT molecular complexity index is 1180. The van der Waals surface area contributed by atoms with Crippen LogP contribution in [0.4, 0.5) is 5.00 Å². The molecule has 0 atom stereocenters. The van der Waals surface area contributed by atoms with Crippen molar-refractivity contribution in [2.24, 2.45) is 0 Å². The topological polar surface area (TPSA) is 90.3 Å². The quantitative estimate of drug-likeness (QED) is 0.305. The van der Waals surface area contributed by atoms with E-state index in [2.05, 4.69) is 10.3 Å². The number of carbonyl (C=O) groups excluding carboxylic acids is 2. The molecule has 0 unspecified atom stereocenters. The number of anilines is 1. The molecule has 1 N–H and O–H groups in total. The number of carbonyl (C=O) groups is 2. The zero-order chi connectivity index (χ0) is 22.5. The summed E-state index contributed by atoms with van der Waals surface area (Å²) in [6.07, 6.45) is 0.774. The van der Waals surface area contributed by atoms with Crippen LogP contribution in [0.1, 0.15) is 41.1 Å². The monoisotopic (exact) mass is 459 g/mol. The van der Waals surface area contributed by atoms with Crippen LogP contribution in [-0.2, 0) is 16.1 Å². The molecule has 2 aromatic heterocycles. The summed E-state index contributed by atoms with van der Waals surface area (Å²) in [7, 11) is 0. The van der Waals surface area contributed by atoms with Gasteiger partial charge in [0.05, 0.1) is 28.8 Å². The second-order valence-electron chi connectivity index (χ2n) is 6.91. The van der Waals surface area contributed by atoms with Gasteiger partial charge in [0, 0.05) is 11.4 Å². The standard InChI is InChI=1S/C22H25N3O4S2/c1-5-11-25-20(27)15-9-7-8-10-16(15)23-22(25)30-12-17(26)24-19-18(21(28)29-6-2)13(3)14(4)31-19/h7-10H,5-6,11-12H2,1-4H3,(H,24,26). The molecule has 3 aromatic rings. The third kappa shape index (κ3) is 4.99. The van der Waals surface area contributed by atoms with Crippen LogP contribution < -0.4 is 10.9 Å². The van der Waals surface area contributed by atoms with E-state index in [9.17, 15) is 14.4 Å². The van der Waals surface area contributed by atoms with E-state index in [1.165, 1.54) is 23.1 Å². The number of esters is 1. The lowest BCUT2D eigenvalue weighted by atomic mass is 10.1. The van der Waals surface area contributed by atoms with E-state index in [1.54, 1.807) is 23.6 Å². The zero-order valence-electron chi connectivity index (χ0n) is 18.0. The van der Waals surface area contributed by atoms with Crippen LogP contribution in [0.3, 0.4) is 0 Å². The number of thiophene rings is 1. The lowest BCUT2D eigenvalue weighted by Gasteiger charge is -2.12. The van der Waals surface area contributed by atoms with Gasteiger partial charge < -0.3 is 10.1 Å². The predicted molar refractivity (Wildman–Crippen MR) is 125 cm³/mol. The number of hydrogen-bond acceptors (Lipinski definition) is 7. The largest absolute Gasteiger partial charge is 0.462 e. The van der Waals surface area contributed by atoms with Gasteiger partial charge in [-0.15, -0.1) is 11.3 Å². The summed E-state index contributed by atoms with van der Waals surface area (Å²) in [5, 5.41) is 4.38. The van der Waals surface area contributed by atoms with Gasteiger partial charge in [0.25, 0.3) is 5.56 Å². The minimum Gasteiger partial charge on any atom is -0.462 e. The van der Waals surface area contributed by atoms with Crippen LogP contribution in [0.15, 0.2) is 34.2 Å². The molecule has 1 aromatic carbocycles. The lowest BCUT2D eigenvalue weighted by Crippen LogP contribution is -2.24. The number of aryl methyl sites for hydroxylation is 1. The molecular formula is C22H25N3O4S2. The maximum Gasteiger partial charge on any atom is 0.341 e. The number of aromatic nitrogens is 2. The Labute approximate surface area is 188 Å². The van der Waals surface area contributed by atoms with E-state index in [-0.39, 0.29) is 23.8 Å². The van der Waals surface area contributed by atoms with Crippen molar-refractivity contribution in [3.63, 3.8) is 0 Å². The summed E-state index contributed by atoms with van der Waals surface area (Å²) in [5.41, 5.74) is 1.70. The van der Waals surface area contributed by atoms with Crippen LogP contribution in [-0.4, -0.2) is 33.8 Å². The molecule has 0 radical (unpaired) electrons. The Morgan fingerprint density at radius 2 is 1.97 bits per heavy atom. The summed E-state index contributed by atoms with van der Waals surface area (Å²) in [4.78, 5) is 43.4. The van der Waals surface area contributed by atoms with Gasteiger partial charge in [-0.3, -0.25) is 14.2 Å². The van der Waals surface area contributed by atoms with Crippen LogP contribution in [0.25, 0.3) is 10.9 Å². The maximum atomic E-state index is 12.9. The average Bonchev–Trinajstić information content (AvgIpc) is 3.02. The van der Waals surface area contributed by atoms with Gasteiger partial charge in [-0.25, -0.2) is 9.78 Å². The molecule has 0 bridgehead atoms. The Morgan fingerprint density at radius 1 is 1.23 bits per heavy atom. The van der Waals surface area contributed by atoms with E-state index in [4.69, 9.17) is 4.74 Å². The van der Waals surface area contributed by atoms with Crippen LogP contribution in [0.2, 0.25) is 0 Å². The fourth-order valence-corrected chi connectivity index (χ4v) is 5.03. The summed E-state index contributed by atoms with van der Waals surface area (Å²) in [5.74, 6) is -0.658. The molecule has 31 heavy (non-hydrogen) atoms. The predicted octanol–water partition coefficient (Wildman–Crippen LogP) is 4.39. The highest BCUT2D eigenvalue weighted by Gasteiger charge is 2.22. The number of ether oxygens (including phenoxy) is 1. The molecule has 0 fully saturated rings. The first-order valence-corrected chi connectivity index (χ1v) is 11.9. The Kier molecular flexibility index (Phi) is 7.50. The van der Waals surface area contributed by atoms with Crippen LogP contribution >= 0.6 is 23.1 Å². The SMILES string of the molecule is CCCn1c(SCC(=O)Nc2sc(C)c(C)c2C(=O)OCC)nc2ccccc2c1=O. The number of amides is 1. The van der Waals surface area contributed by atoms with Gasteiger partial charge in [0.2, 0.25) is 5.91 Å². The Morgan fingerprint density at radius 3 is 2.68 bits per heavy atom. The van der Waals surface area contributed by atoms with Crippen LogP contribution in [0, 0.1) is 13.8 Å². The van der Waals surface area contributed by atoms with E-state index in [1.807, 2.05) is 32.9 Å². The number of nitrogens with one attached hydrogen (secondary N) is 1. The van der Waals surface area contributed by atoms with Crippen molar-refractivity contribution < 1.29 is 14.3 Å². The molecule has 0 saturated carbocycles. The summed E-state index contributed by atoms with van der Waals surface area (Å²) in [6, 6.07) is 7.20. The molecule has 0 saturated heterocycles. The van der Waals surface area contributed by atoms with Gasteiger partial charge in [-0.1, -0.05) is 30.8 Å². The number of fused-ring (bicyclic) bond motifs is 1. The normalized spacial score (nSPS) is 11.0. The minimum atomic E-state index is -0.444. The second-order valence-corrected chi connectivity index (χ2v) is 9.08. The molecule has 3 rings (SSSR count). The average molecular weight is 460 g/mol. The van der Waals surface area contributed by atoms with Gasteiger partial charge >= 0.3 is 5.97 Å². The highest BCUT2D eigenvalue weighted by atomic mass is 32.2. The molecular weight excluding hydrogens is 434 g/mol. The van der Waals surface area contributed by atoms with Crippen molar-refractivity contribution in [3.8, 4) is 0 Å². The number of hydrogen-bond donors (Lipinski definition) is 1. The third-order valence-electron chi connectivity index (χ3n) is 4.72. The second kappa shape index (κ2) is 10.1. The first kappa shape index (κ1) is 23.0. The van der Waals surface area contributed by atoms with Gasteiger partial charge in [0.15, 0.2) is 5.16 Å². The van der Waals surface area contributed by atoms with Crippen molar-refractivity contribution in [1.82, 2.24) is 9.55 Å². The number of nitrogens with zero attached hydrogens (tertiary/aromatic N) is 2. The van der Waals surface area contributed by atoms with Crippen molar-refractivity contribution >= 4 is 50.9 Å². The van der Waals surface area contributed by atoms with Crippen LogP contribution in [0.5, 0.6) is 0 Å². The molecule has 7 nitrogen and oxygen atoms in total. The summed E-state index contributed by atoms with van der Waals surface area (Å²) < 4.78 is 6.75. The van der Waals surface area contributed by atoms with E-state index >= 15 is 0 Å². The van der Waals surface area contributed by atoms with Crippen molar-refractivity contribution in [2.75, 3.05) is 17.7 Å². The molecule has 164 valence electrons. The highest BCUT2D eigenvalue weighted by molar-refractivity contribution is 7.99. The molecule has 2 heterocycles. The number of benzene rings is 1. The number of thioether (sulfide) groups is 1. The Hall–Kier alpha value is -2.65. The van der Waals surface area contributed by atoms with Gasteiger partial charge in [-0.2, -0.15) is 0 Å². The summed E-state index contributed by atoms with van der Waals surface area (Å²) >= 11 is 2.56. The molecule has 0 aliphatic heterocycles. The number of rotatable bonds is 8. The number of para-hydroxylation sites is 1. The molecule has 0 spiro atoms. The van der Waals surface area contributed by atoms with Gasteiger partial charge in [-0.05, 0) is 44.9 Å². The maximum absolute atomic E-state index is 12.9. The molecule has 0 aliphatic rings. The summed E-state index contributed by atoms with van der Waals surface area (Å²) in [6.45, 7) is 8.26. The highest BCUT2D eigenvalue weighted by Crippen LogP contribution is 2.33. The van der Waals surface area contributed by atoms with Gasteiger partial charge in [0.1, 0.15) is 5.00 Å². The zero-order valence-corrected chi connectivity index (χ0v) is 19.6. The van der Waals surface area contributed by atoms with Crippen molar-refractivity contribution in [1.29, 1.82) is 0 Å². The van der Waals surface area contributed by atoms with E-state index < -0.39 is 5.97 Å². The Balaban J connectivity index is 1.81. The third-order valence-corrected chi connectivity index (χ3v) is 6.82. The smallest absolute Gasteiger partial charge is 0.341 e. The lowest BCUT2D eigenvalue weighted by molar-refractivity contribution is -0.113. The first-order chi connectivity index (χ1) is 14.9. The fourth-order valence-electron chi connectivity index (χ4n) is 3.14. The van der Waals surface area contributed by atoms with E-state index in [0.29, 0.717) is 33.2 Å². The minimum absolute atomic E-state index is 0.0623. The molecule has 1 amide bonds. The first-order valence-electron chi connectivity index (χ1n) is 10.1. The molecule has 9 heteroatoms. The molecule has 0 aliphatic carbocycles.